The van der Waals surface area contributed by atoms with Gasteiger partial charge in [0, 0.05) is 13.0 Å². The lowest BCUT2D eigenvalue weighted by atomic mass is 9.99. The van der Waals surface area contributed by atoms with E-state index in [0.29, 0.717) is 24.0 Å². The van der Waals surface area contributed by atoms with Crippen LogP contribution in [0.1, 0.15) is 53.4 Å². The maximum atomic E-state index is 12.6. The zero-order valence-electron chi connectivity index (χ0n) is 19.1. The summed E-state index contributed by atoms with van der Waals surface area (Å²) in [7, 11) is 0. The molecular formula is C24H38O7. The van der Waals surface area contributed by atoms with Crippen molar-refractivity contribution < 1.29 is 34.8 Å². The number of esters is 1. The van der Waals surface area contributed by atoms with Crippen molar-refractivity contribution in [1.29, 1.82) is 0 Å². The highest BCUT2D eigenvalue weighted by atomic mass is 16.5. The van der Waals surface area contributed by atoms with Crippen LogP contribution in [0.5, 0.6) is 0 Å². The van der Waals surface area contributed by atoms with Crippen LogP contribution in [-0.4, -0.2) is 58.8 Å². The summed E-state index contributed by atoms with van der Waals surface area (Å²) in [6.45, 7) is 6.92. The normalized spacial score (nSPS) is 13.9. The van der Waals surface area contributed by atoms with Gasteiger partial charge in [0.15, 0.2) is 0 Å². The minimum Gasteiger partial charge on any atom is -0.481 e. The number of hydrogen-bond acceptors (Lipinski definition) is 6. The van der Waals surface area contributed by atoms with E-state index in [9.17, 15) is 24.9 Å². The van der Waals surface area contributed by atoms with Crippen LogP contribution in [0.4, 0.5) is 0 Å². The number of aliphatic carboxylic acids is 1. The van der Waals surface area contributed by atoms with E-state index < -0.39 is 23.8 Å². The third-order valence-electron chi connectivity index (χ3n) is 4.56. The Bertz CT molecular complexity index is 678. The standard InChI is InChI=1S/C24H38O7/c1-17(2)5-7-21(23(28)29)13-20(16-27)10-12-31-24(30)22(8-6-18(3)4)14-19(15-26)9-11-25/h5-6,13-14,21-22,25-27H,7-12,15-16H2,1-4H3,(H,28,29)/t21-,22-/m0/s1. The summed E-state index contributed by atoms with van der Waals surface area (Å²) >= 11 is 0. The summed E-state index contributed by atoms with van der Waals surface area (Å²) in [5, 5.41) is 37.5. The van der Waals surface area contributed by atoms with Gasteiger partial charge in [0.2, 0.25) is 0 Å². The van der Waals surface area contributed by atoms with Gasteiger partial charge in [0.05, 0.1) is 31.7 Å². The van der Waals surface area contributed by atoms with Crippen molar-refractivity contribution in [3.8, 4) is 0 Å². The number of aliphatic hydroxyl groups excluding tert-OH is 3. The van der Waals surface area contributed by atoms with Gasteiger partial charge in [-0.1, -0.05) is 35.5 Å². The number of carboxylic acids is 1. The molecular weight excluding hydrogens is 400 g/mol. The predicted octanol–water partition coefficient (Wildman–Crippen LogP) is 3.17. The zero-order chi connectivity index (χ0) is 23.8. The number of ether oxygens (including phenoxy) is 1. The minimum absolute atomic E-state index is 0.00777. The van der Waals surface area contributed by atoms with Gasteiger partial charge in [0.1, 0.15) is 0 Å². The fourth-order valence-corrected chi connectivity index (χ4v) is 2.73. The van der Waals surface area contributed by atoms with Gasteiger partial charge >= 0.3 is 11.9 Å². The minimum atomic E-state index is -0.979. The fraction of sp³-hybridized carbons (Fsp3) is 0.583. The highest BCUT2D eigenvalue weighted by molar-refractivity contribution is 5.75. The second kappa shape index (κ2) is 16.5. The summed E-state index contributed by atoms with van der Waals surface area (Å²) in [6.07, 6.45) is 8.10. The van der Waals surface area contributed by atoms with Crippen LogP contribution in [0.3, 0.4) is 0 Å². The second-order valence-corrected chi connectivity index (χ2v) is 7.94. The molecule has 0 aliphatic rings. The Labute approximate surface area is 185 Å². The van der Waals surface area contributed by atoms with E-state index in [1.54, 1.807) is 6.08 Å². The summed E-state index contributed by atoms with van der Waals surface area (Å²) in [5.74, 6) is -2.81. The summed E-state index contributed by atoms with van der Waals surface area (Å²) < 4.78 is 5.36. The molecule has 0 aliphatic heterocycles. The lowest BCUT2D eigenvalue weighted by Crippen LogP contribution is -2.18. The van der Waals surface area contributed by atoms with Crippen LogP contribution < -0.4 is 0 Å². The Balaban J connectivity index is 5.17. The van der Waals surface area contributed by atoms with Crippen LogP contribution in [0.15, 0.2) is 46.6 Å². The Morgan fingerprint density at radius 3 is 1.74 bits per heavy atom. The van der Waals surface area contributed by atoms with Crippen molar-refractivity contribution in [1.82, 2.24) is 0 Å². The van der Waals surface area contributed by atoms with Crippen molar-refractivity contribution in [2.24, 2.45) is 11.8 Å². The van der Waals surface area contributed by atoms with Crippen LogP contribution in [0.25, 0.3) is 0 Å². The van der Waals surface area contributed by atoms with Crippen molar-refractivity contribution in [3.05, 3.63) is 46.6 Å². The van der Waals surface area contributed by atoms with Crippen LogP contribution in [0.2, 0.25) is 0 Å². The molecule has 0 saturated carbocycles. The molecule has 0 fully saturated rings. The van der Waals surface area contributed by atoms with E-state index in [2.05, 4.69) is 0 Å². The highest BCUT2D eigenvalue weighted by Crippen LogP contribution is 2.17. The van der Waals surface area contributed by atoms with Crippen LogP contribution in [0, 0.1) is 11.8 Å². The second-order valence-electron chi connectivity index (χ2n) is 7.94. The predicted molar refractivity (Wildman–Crippen MR) is 120 cm³/mol. The largest absolute Gasteiger partial charge is 0.481 e. The molecule has 4 N–H and O–H groups in total. The number of aliphatic hydroxyl groups is 3. The molecule has 31 heavy (non-hydrogen) atoms. The molecule has 7 nitrogen and oxygen atoms in total. The Kier molecular flexibility index (Phi) is 15.3. The first-order chi connectivity index (χ1) is 14.6. The van der Waals surface area contributed by atoms with Gasteiger partial charge in [-0.15, -0.1) is 0 Å². The first-order valence-corrected chi connectivity index (χ1v) is 10.5. The van der Waals surface area contributed by atoms with Crippen molar-refractivity contribution in [2.75, 3.05) is 26.4 Å². The lowest BCUT2D eigenvalue weighted by molar-refractivity contribution is -0.146. The third kappa shape index (κ3) is 13.6. The van der Waals surface area contributed by atoms with E-state index in [1.165, 1.54) is 6.08 Å². The van der Waals surface area contributed by atoms with Gasteiger partial charge in [0.25, 0.3) is 0 Å². The SMILES string of the molecule is CC(C)=CC[C@@H](C=C(CO)CCOC(=O)[C@H](C=C(CO)CCO)CC=C(C)C)C(=O)O. The fourth-order valence-electron chi connectivity index (χ4n) is 2.73. The lowest BCUT2D eigenvalue weighted by Gasteiger charge is -2.14. The third-order valence-corrected chi connectivity index (χ3v) is 4.56. The van der Waals surface area contributed by atoms with Gasteiger partial charge in [-0.25, -0.2) is 0 Å². The Morgan fingerprint density at radius 2 is 1.29 bits per heavy atom. The van der Waals surface area contributed by atoms with Gasteiger partial charge in [-0.2, -0.15) is 0 Å². The van der Waals surface area contributed by atoms with Crippen molar-refractivity contribution >= 4 is 11.9 Å². The monoisotopic (exact) mass is 438 g/mol. The first kappa shape index (κ1) is 28.8. The molecule has 7 heteroatoms. The zero-order valence-corrected chi connectivity index (χ0v) is 19.1. The molecule has 0 amide bonds. The molecule has 0 rings (SSSR count). The topological polar surface area (TPSA) is 124 Å². The van der Waals surface area contributed by atoms with Crippen LogP contribution >= 0.6 is 0 Å². The van der Waals surface area contributed by atoms with E-state index in [4.69, 9.17) is 9.84 Å². The van der Waals surface area contributed by atoms with E-state index >= 15 is 0 Å². The maximum absolute atomic E-state index is 12.6. The molecule has 0 aromatic rings. The van der Waals surface area contributed by atoms with E-state index in [1.807, 2.05) is 39.8 Å². The molecule has 176 valence electrons. The summed E-state index contributed by atoms with van der Waals surface area (Å²) in [4.78, 5) is 24.0. The Morgan fingerprint density at radius 1 is 0.806 bits per heavy atom. The molecule has 0 spiro atoms. The van der Waals surface area contributed by atoms with Crippen molar-refractivity contribution in [3.63, 3.8) is 0 Å². The highest BCUT2D eigenvalue weighted by Gasteiger charge is 2.18. The molecule has 0 aliphatic carbocycles. The number of carboxylic acid groups (broad SMARTS) is 1. The molecule has 2 atom stereocenters. The average Bonchev–Trinajstić information content (AvgIpc) is 2.71. The number of rotatable bonds is 15. The van der Waals surface area contributed by atoms with Crippen LogP contribution in [-0.2, 0) is 14.3 Å². The average molecular weight is 439 g/mol. The molecule has 0 unspecified atom stereocenters. The number of carbonyl (C=O) groups excluding carboxylic acids is 1. The number of allylic oxidation sites excluding steroid dienone is 4. The molecule has 0 bridgehead atoms. The molecule has 0 aromatic carbocycles. The van der Waals surface area contributed by atoms with Gasteiger partial charge in [-0.05, 0) is 58.1 Å². The molecule has 0 heterocycles. The van der Waals surface area contributed by atoms with Crippen molar-refractivity contribution in [2.45, 2.75) is 53.4 Å². The van der Waals surface area contributed by atoms with Gasteiger partial charge in [-0.3, -0.25) is 9.59 Å². The molecule has 0 aromatic heterocycles. The van der Waals surface area contributed by atoms with E-state index in [-0.39, 0.29) is 39.3 Å². The number of carbonyl (C=O) groups is 2. The molecule has 0 saturated heterocycles. The Hall–Kier alpha value is -2.22. The number of hydrogen-bond donors (Lipinski definition) is 4. The quantitative estimate of drug-likeness (QED) is 0.229. The summed E-state index contributed by atoms with van der Waals surface area (Å²) in [5.41, 5.74) is 3.11. The first-order valence-electron chi connectivity index (χ1n) is 10.5. The summed E-state index contributed by atoms with van der Waals surface area (Å²) in [6, 6.07) is 0. The van der Waals surface area contributed by atoms with Gasteiger partial charge < -0.3 is 25.2 Å². The van der Waals surface area contributed by atoms with E-state index in [0.717, 1.165) is 11.1 Å². The smallest absolute Gasteiger partial charge is 0.313 e. The molecule has 0 radical (unpaired) electrons. The maximum Gasteiger partial charge on any atom is 0.313 e.